The van der Waals surface area contributed by atoms with Crippen molar-refractivity contribution in [1.82, 2.24) is 19.9 Å². The van der Waals surface area contributed by atoms with Gasteiger partial charge in [-0.3, -0.25) is 0 Å². The zero-order valence-electron chi connectivity index (χ0n) is 26.9. The predicted octanol–water partition coefficient (Wildman–Crippen LogP) is 12.1. The topological polar surface area (TPSA) is 77.8 Å². The van der Waals surface area contributed by atoms with E-state index in [0.717, 1.165) is 86.2 Å². The number of hydrogen-bond donors (Lipinski definition) is 0. The van der Waals surface area contributed by atoms with Crippen LogP contribution in [0.1, 0.15) is 0 Å². The van der Waals surface area contributed by atoms with Crippen molar-refractivity contribution in [2.45, 2.75) is 0 Å². The van der Waals surface area contributed by atoms with Crippen LogP contribution in [-0.4, -0.2) is 19.9 Å². The molecule has 0 saturated heterocycles. The van der Waals surface area contributed by atoms with Gasteiger partial charge in [-0.05, 0) is 47.9 Å². The Bertz CT molecular complexity index is 3150. The number of benzene rings is 7. The number of aromatic nitrogens is 4. The van der Waals surface area contributed by atoms with Crippen LogP contribution in [0.2, 0.25) is 0 Å². The van der Waals surface area contributed by atoms with E-state index in [1.807, 2.05) is 97.1 Å². The van der Waals surface area contributed by atoms with E-state index in [0.29, 0.717) is 23.4 Å². The van der Waals surface area contributed by atoms with Crippen molar-refractivity contribution in [2.24, 2.45) is 0 Å². The maximum absolute atomic E-state index is 6.55. The lowest BCUT2D eigenvalue weighted by Crippen LogP contribution is -2.00. The minimum Gasteiger partial charge on any atom is -0.456 e. The fraction of sp³-hybridized carbons (Fsp3) is 0. The molecule has 4 aromatic heterocycles. The Kier molecular flexibility index (Phi) is 6.02. The molecule has 0 spiro atoms. The molecule has 6 nitrogen and oxygen atoms in total. The summed E-state index contributed by atoms with van der Waals surface area (Å²) in [6.45, 7) is 0. The van der Waals surface area contributed by atoms with Crippen molar-refractivity contribution >= 4 is 75.3 Å². The molecule has 0 bridgehead atoms. The normalized spacial score (nSPS) is 11.9. The van der Waals surface area contributed by atoms with E-state index < -0.39 is 0 Å². The van der Waals surface area contributed by atoms with Gasteiger partial charge in [0.2, 0.25) is 5.89 Å². The van der Waals surface area contributed by atoms with E-state index in [1.54, 1.807) is 11.3 Å². The molecule has 7 aromatic carbocycles. The van der Waals surface area contributed by atoms with Crippen molar-refractivity contribution in [2.75, 3.05) is 0 Å². The van der Waals surface area contributed by atoms with Gasteiger partial charge < -0.3 is 8.83 Å². The first-order valence-corrected chi connectivity index (χ1v) is 17.5. The van der Waals surface area contributed by atoms with E-state index in [4.69, 9.17) is 28.8 Å². The molecule has 0 amide bonds. The summed E-state index contributed by atoms with van der Waals surface area (Å²) in [5.74, 6) is 2.43. The zero-order valence-corrected chi connectivity index (χ0v) is 27.7. The molecular formula is C44H24N4O2S. The third kappa shape index (κ3) is 4.35. The second-order valence-electron chi connectivity index (χ2n) is 12.6. The second kappa shape index (κ2) is 10.9. The highest BCUT2D eigenvalue weighted by Crippen LogP contribution is 2.45. The Hall–Kier alpha value is -6.70. The van der Waals surface area contributed by atoms with Gasteiger partial charge in [-0.25, -0.2) is 19.9 Å². The molecule has 11 rings (SSSR count). The first-order chi connectivity index (χ1) is 25.3. The number of oxazole rings is 1. The Morgan fingerprint density at radius 1 is 0.431 bits per heavy atom. The number of para-hydroxylation sites is 1. The van der Waals surface area contributed by atoms with E-state index in [-0.39, 0.29) is 0 Å². The highest BCUT2D eigenvalue weighted by atomic mass is 32.1. The summed E-state index contributed by atoms with van der Waals surface area (Å²) in [5.41, 5.74) is 6.96. The molecule has 0 saturated carbocycles. The number of thiophene rings is 1. The summed E-state index contributed by atoms with van der Waals surface area (Å²) in [7, 11) is 0. The van der Waals surface area contributed by atoms with Gasteiger partial charge in [0.25, 0.3) is 0 Å². The number of fused-ring (bicyclic) bond motifs is 10. The summed E-state index contributed by atoms with van der Waals surface area (Å²) in [6, 6.07) is 49.2. The number of furan rings is 1. The third-order valence-corrected chi connectivity index (χ3v) is 10.8. The first-order valence-electron chi connectivity index (χ1n) is 16.7. The van der Waals surface area contributed by atoms with Crippen LogP contribution >= 0.6 is 11.3 Å². The highest BCUT2D eigenvalue weighted by Gasteiger charge is 2.21. The minimum atomic E-state index is 0.594. The fourth-order valence-corrected chi connectivity index (χ4v) is 8.48. The molecule has 0 aliphatic rings. The monoisotopic (exact) mass is 672 g/mol. The van der Waals surface area contributed by atoms with E-state index in [1.165, 1.54) is 0 Å². The molecule has 7 heteroatoms. The molecule has 0 atom stereocenters. The Morgan fingerprint density at radius 2 is 1.10 bits per heavy atom. The van der Waals surface area contributed by atoms with Gasteiger partial charge >= 0.3 is 0 Å². The summed E-state index contributed by atoms with van der Waals surface area (Å²) in [4.78, 5) is 20.3. The van der Waals surface area contributed by atoms with Crippen LogP contribution in [0.15, 0.2) is 154 Å². The molecule has 51 heavy (non-hydrogen) atoms. The van der Waals surface area contributed by atoms with Crippen LogP contribution in [0, 0.1) is 0 Å². The van der Waals surface area contributed by atoms with Gasteiger partial charge in [-0.15, -0.1) is 11.3 Å². The molecule has 11 aromatic rings. The van der Waals surface area contributed by atoms with Crippen LogP contribution in [0.3, 0.4) is 0 Å². The van der Waals surface area contributed by atoms with Crippen LogP contribution in [0.5, 0.6) is 0 Å². The molecular weight excluding hydrogens is 649 g/mol. The molecule has 0 aliphatic heterocycles. The summed E-state index contributed by atoms with van der Waals surface area (Å²) >= 11 is 1.74. The molecule has 238 valence electrons. The minimum absolute atomic E-state index is 0.594. The largest absolute Gasteiger partial charge is 0.456 e. The summed E-state index contributed by atoms with van der Waals surface area (Å²) in [6.07, 6.45) is 0. The first kappa shape index (κ1) is 28.2. The van der Waals surface area contributed by atoms with Gasteiger partial charge in [0.1, 0.15) is 16.7 Å². The fourth-order valence-electron chi connectivity index (χ4n) is 7.26. The molecule has 0 unspecified atom stereocenters. The standard InChI is InChI=1S/C44H24N4O2S/c1-3-11-26(12-4-1)41-46-42(30-17-10-20-34-37(30)28-15-7-8-19-33(28)49-34)48-43(47-41)31-18-9-16-29-38-35(51-40(29)31)24-22-25-21-23-32-39(36(25)38)50-44(45-32)27-13-5-2-6-14-27/h1-24H. The molecule has 0 N–H and O–H groups in total. The molecule has 0 radical (unpaired) electrons. The number of nitrogens with zero attached hydrogens (tertiary/aromatic N) is 4. The molecule has 4 heterocycles. The maximum Gasteiger partial charge on any atom is 0.227 e. The maximum atomic E-state index is 6.55. The SMILES string of the molecule is c1ccc(-c2nc(-c3cccc4c3sc3ccc5ccc6nc(-c7ccccc7)oc6c5c34)nc(-c3cccc4oc5ccccc5c34)n2)cc1. The Morgan fingerprint density at radius 3 is 1.96 bits per heavy atom. The van der Waals surface area contributed by atoms with Gasteiger partial charge in [0.15, 0.2) is 23.1 Å². The second-order valence-corrected chi connectivity index (χ2v) is 13.6. The van der Waals surface area contributed by atoms with Crippen molar-refractivity contribution in [3.05, 3.63) is 146 Å². The lowest BCUT2D eigenvalue weighted by molar-refractivity contribution is 0.623. The van der Waals surface area contributed by atoms with Gasteiger partial charge in [-0.1, -0.05) is 103 Å². The van der Waals surface area contributed by atoms with Crippen LogP contribution in [0.25, 0.3) is 110 Å². The smallest absolute Gasteiger partial charge is 0.227 e. The summed E-state index contributed by atoms with van der Waals surface area (Å²) < 4.78 is 15.1. The summed E-state index contributed by atoms with van der Waals surface area (Å²) in [5, 5.41) is 6.44. The quantitative estimate of drug-likeness (QED) is 0.185. The van der Waals surface area contributed by atoms with Crippen molar-refractivity contribution in [3.63, 3.8) is 0 Å². The third-order valence-electron chi connectivity index (χ3n) is 9.57. The van der Waals surface area contributed by atoms with E-state index >= 15 is 0 Å². The predicted molar refractivity (Wildman–Crippen MR) is 207 cm³/mol. The average molecular weight is 673 g/mol. The van der Waals surface area contributed by atoms with E-state index in [2.05, 4.69) is 48.5 Å². The lowest BCUT2D eigenvalue weighted by Gasteiger charge is -2.10. The lowest BCUT2D eigenvalue weighted by atomic mass is 10.0. The molecule has 0 aliphatic carbocycles. The van der Waals surface area contributed by atoms with Crippen LogP contribution in [0.4, 0.5) is 0 Å². The van der Waals surface area contributed by atoms with Gasteiger partial charge in [0.05, 0.1) is 0 Å². The van der Waals surface area contributed by atoms with Crippen LogP contribution < -0.4 is 0 Å². The Labute approximate surface area is 294 Å². The van der Waals surface area contributed by atoms with Crippen molar-refractivity contribution in [1.29, 1.82) is 0 Å². The van der Waals surface area contributed by atoms with E-state index in [9.17, 15) is 0 Å². The van der Waals surface area contributed by atoms with Crippen molar-refractivity contribution in [3.8, 4) is 45.6 Å². The number of hydrogen-bond acceptors (Lipinski definition) is 7. The number of rotatable bonds is 4. The zero-order chi connectivity index (χ0) is 33.5. The average Bonchev–Trinajstić information content (AvgIpc) is 3.92. The van der Waals surface area contributed by atoms with Crippen molar-refractivity contribution < 1.29 is 8.83 Å². The highest BCUT2D eigenvalue weighted by molar-refractivity contribution is 7.26. The van der Waals surface area contributed by atoms with Gasteiger partial charge in [0, 0.05) is 58.6 Å². The Balaban J connectivity index is 1.18. The molecule has 0 fully saturated rings. The van der Waals surface area contributed by atoms with Crippen LogP contribution in [-0.2, 0) is 0 Å². The van der Waals surface area contributed by atoms with Gasteiger partial charge in [-0.2, -0.15) is 0 Å².